The number of halogens is 1. The summed E-state index contributed by atoms with van der Waals surface area (Å²) in [4.78, 5) is 23.7. The summed E-state index contributed by atoms with van der Waals surface area (Å²) in [6.45, 7) is 7.25. The van der Waals surface area contributed by atoms with Crippen LogP contribution in [0.3, 0.4) is 0 Å². The zero-order chi connectivity index (χ0) is 22.1. The van der Waals surface area contributed by atoms with Crippen LogP contribution in [0.2, 0.25) is 5.15 Å². The lowest BCUT2D eigenvalue weighted by atomic mass is 9.99. The first-order valence-electron chi connectivity index (χ1n) is 11.3. The summed E-state index contributed by atoms with van der Waals surface area (Å²) in [6, 6.07) is 9.62. The van der Waals surface area contributed by atoms with Crippen molar-refractivity contribution in [1.29, 1.82) is 0 Å². The Kier molecular flexibility index (Phi) is 9.47. The van der Waals surface area contributed by atoms with Crippen molar-refractivity contribution >= 4 is 35.1 Å². The van der Waals surface area contributed by atoms with Gasteiger partial charge in [-0.15, -0.1) is 0 Å². The fourth-order valence-electron chi connectivity index (χ4n) is 3.61. The lowest BCUT2D eigenvalue weighted by Gasteiger charge is -2.31. The number of hydrogen-bond donors (Lipinski definition) is 1. The molecule has 2 heterocycles. The molecule has 1 aliphatic heterocycles. The predicted molar refractivity (Wildman–Crippen MR) is 130 cm³/mol. The quantitative estimate of drug-likeness (QED) is 0.205. The molecule has 1 aromatic heterocycles. The van der Waals surface area contributed by atoms with Crippen molar-refractivity contribution < 1.29 is 4.79 Å². The second kappa shape index (κ2) is 12.3. The molecule has 2 aromatic rings. The Morgan fingerprint density at radius 1 is 1.16 bits per heavy atom. The number of aromatic nitrogens is 2. The topological polar surface area (TPSA) is 58.1 Å². The van der Waals surface area contributed by atoms with Crippen LogP contribution in [0.4, 0.5) is 5.82 Å². The zero-order valence-electron chi connectivity index (χ0n) is 18.6. The third-order valence-electron chi connectivity index (χ3n) is 5.67. The van der Waals surface area contributed by atoms with E-state index in [0.717, 1.165) is 55.5 Å². The van der Waals surface area contributed by atoms with E-state index in [0.29, 0.717) is 15.9 Å². The van der Waals surface area contributed by atoms with Crippen molar-refractivity contribution in [1.82, 2.24) is 15.3 Å². The van der Waals surface area contributed by atoms with Gasteiger partial charge >= 0.3 is 0 Å². The fourth-order valence-corrected chi connectivity index (χ4v) is 4.64. The highest BCUT2D eigenvalue weighted by Gasteiger charge is 2.18. The molecule has 0 atom stereocenters. The fraction of sp³-hybridized carbons (Fsp3) is 0.542. The van der Waals surface area contributed by atoms with E-state index < -0.39 is 0 Å². The highest BCUT2D eigenvalue weighted by Crippen LogP contribution is 2.27. The molecule has 168 valence electrons. The van der Waals surface area contributed by atoms with Gasteiger partial charge in [0.05, 0.1) is 0 Å². The van der Waals surface area contributed by atoms with E-state index in [1.54, 1.807) is 11.8 Å². The molecule has 1 fully saturated rings. The van der Waals surface area contributed by atoms with Crippen molar-refractivity contribution in [3.05, 3.63) is 46.6 Å². The van der Waals surface area contributed by atoms with Crippen LogP contribution < -0.4 is 10.2 Å². The van der Waals surface area contributed by atoms with Gasteiger partial charge in [0.15, 0.2) is 5.16 Å². The Hall–Kier alpha value is -1.79. The van der Waals surface area contributed by atoms with E-state index in [4.69, 9.17) is 16.6 Å². The van der Waals surface area contributed by atoms with Crippen molar-refractivity contribution in [2.75, 3.05) is 24.5 Å². The van der Waals surface area contributed by atoms with E-state index in [2.05, 4.69) is 29.0 Å². The van der Waals surface area contributed by atoms with Gasteiger partial charge < -0.3 is 10.2 Å². The summed E-state index contributed by atoms with van der Waals surface area (Å²) in [5, 5.41) is 4.17. The van der Waals surface area contributed by atoms with Crippen LogP contribution in [0.1, 0.15) is 68.3 Å². The Morgan fingerprint density at radius 3 is 2.61 bits per heavy atom. The maximum Gasteiger partial charge on any atom is 0.251 e. The summed E-state index contributed by atoms with van der Waals surface area (Å²) in [6.07, 6.45) is 6.98. The maximum absolute atomic E-state index is 12.3. The molecule has 3 rings (SSSR count). The van der Waals surface area contributed by atoms with Gasteiger partial charge in [-0.3, -0.25) is 4.79 Å². The van der Waals surface area contributed by atoms with Crippen LogP contribution in [0, 0.1) is 5.92 Å². The van der Waals surface area contributed by atoms with Gasteiger partial charge in [-0.05, 0) is 42.9 Å². The van der Waals surface area contributed by atoms with E-state index in [9.17, 15) is 4.79 Å². The highest BCUT2D eigenvalue weighted by molar-refractivity contribution is 7.98. The number of carbonyl (C=O) groups excluding carboxylic acids is 1. The molecule has 0 saturated carbocycles. The molecule has 0 bridgehead atoms. The van der Waals surface area contributed by atoms with E-state index in [-0.39, 0.29) is 5.91 Å². The number of carbonyl (C=O) groups is 1. The molecule has 1 N–H and O–H groups in total. The van der Waals surface area contributed by atoms with Crippen molar-refractivity contribution in [2.45, 2.75) is 63.3 Å². The first-order valence-corrected chi connectivity index (χ1v) is 12.7. The van der Waals surface area contributed by atoms with Crippen LogP contribution in [0.5, 0.6) is 0 Å². The smallest absolute Gasteiger partial charge is 0.251 e. The molecule has 0 unspecified atom stereocenters. The van der Waals surface area contributed by atoms with Crippen molar-refractivity contribution in [3.63, 3.8) is 0 Å². The minimum atomic E-state index is -0.00522. The summed E-state index contributed by atoms with van der Waals surface area (Å²) < 4.78 is 0. The van der Waals surface area contributed by atoms with Crippen LogP contribution in [0.15, 0.2) is 35.5 Å². The number of unbranched alkanes of at least 4 members (excludes halogenated alkanes) is 3. The normalized spacial score (nSPS) is 14.6. The number of nitrogens with one attached hydrogen (secondary N) is 1. The van der Waals surface area contributed by atoms with Gasteiger partial charge in [0, 0.05) is 37.0 Å². The van der Waals surface area contributed by atoms with Gasteiger partial charge in [-0.1, -0.05) is 68.6 Å². The molecular formula is C24H33ClN4OS. The Morgan fingerprint density at radius 2 is 1.90 bits per heavy atom. The molecule has 0 spiro atoms. The summed E-state index contributed by atoms with van der Waals surface area (Å²) in [5.74, 6) is 2.42. The zero-order valence-corrected chi connectivity index (χ0v) is 20.1. The second-order valence-electron chi connectivity index (χ2n) is 8.30. The molecule has 0 aliphatic carbocycles. The number of benzene rings is 1. The Labute approximate surface area is 195 Å². The highest BCUT2D eigenvalue weighted by atomic mass is 35.5. The minimum absolute atomic E-state index is 0.00522. The van der Waals surface area contributed by atoms with Gasteiger partial charge in [-0.25, -0.2) is 9.97 Å². The molecule has 1 aliphatic rings. The summed E-state index contributed by atoms with van der Waals surface area (Å²) in [7, 11) is 0. The van der Waals surface area contributed by atoms with E-state index in [1.807, 2.05) is 30.3 Å². The van der Waals surface area contributed by atoms with Crippen LogP contribution >= 0.6 is 23.4 Å². The van der Waals surface area contributed by atoms with Crippen LogP contribution in [0.25, 0.3) is 0 Å². The Balaban J connectivity index is 1.51. The van der Waals surface area contributed by atoms with Crippen LogP contribution in [-0.2, 0) is 5.75 Å². The number of hydrogen-bond acceptors (Lipinski definition) is 5. The molecule has 0 radical (unpaired) electrons. The average Bonchev–Trinajstić information content (AvgIpc) is 2.78. The van der Waals surface area contributed by atoms with Crippen molar-refractivity contribution in [3.8, 4) is 0 Å². The summed E-state index contributed by atoms with van der Waals surface area (Å²) >= 11 is 7.84. The standard InChI is InChI=1S/C24H33ClN4OS/c1-3-4-5-6-13-26-23(30)20-9-7-19(8-10-20)17-31-24-27-21(25)16-22(28-24)29-14-11-18(2)12-15-29/h7-10,16,18H,3-6,11-15,17H2,1-2H3,(H,26,30). The predicted octanol–water partition coefficient (Wildman–Crippen LogP) is 5.97. The Bertz CT molecular complexity index is 838. The third-order valence-corrected chi connectivity index (χ3v) is 6.78. The van der Waals surface area contributed by atoms with Gasteiger partial charge in [0.25, 0.3) is 5.91 Å². The summed E-state index contributed by atoms with van der Waals surface area (Å²) in [5.41, 5.74) is 1.83. The molecule has 1 saturated heterocycles. The maximum atomic E-state index is 12.3. The lowest BCUT2D eigenvalue weighted by Crippen LogP contribution is -2.33. The van der Waals surface area contributed by atoms with Crippen LogP contribution in [-0.4, -0.2) is 35.5 Å². The minimum Gasteiger partial charge on any atom is -0.356 e. The SMILES string of the molecule is CCCCCCNC(=O)c1ccc(CSc2nc(Cl)cc(N3CCC(C)CC3)n2)cc1. The number of anilines is 1. The first kappa shape index (κ1) is 23.9. The molecule has 1 amide bonds. The number of rotatable bonds is 10. The van der Waals surface area contributed by atoms with Gasteiger partial charge in [0.1, 0.15) is 11.0 Å². The monoisotopic (exact) mass is 460 g/mol. The third kappa shape index (κ3) is 7.69. The molecule has 1 aromatic carbocycles. The molecule has 5 nitrogen and oxygen atoms in total. The first-order chi connectivity index (χ1) is 15.0. The number of thioether (sulfide) groups is 1. The second-order valence-corrected chi connectivity index (χ2v) is 9.63. The average molecular weight is 461 g/mol. The number of nitrogens with zero attached hydrogens (tertiary/aromatic N) is 3. The van der Waals surface area contributed by atoms with Gasteiger partial charge in [0.2, 0.25) is 0 Å². The lowest BCUT2D eigenvalue weighted by molar-refractivity contribution is 0.0953. The number of amides is 1. The molecule has 31 heavy (non-hydrogen) atoms. The molecule has 7 heteroatoms. The van der Waals surface area contributed by atoms with Crippen molar-refractivity contribution in [2.24, 2.45) is 5.92 Å². The largest absolute Gasteiger partial charge is 0.356 e. The van der Waals surface area contributed by atoms with E-state index in [1.165, 1.54) is 25.7 Å². The number of piperidine rings is 1. The van der Waals surface area contributed by atoms with Gasteiger partial charge in [-0.2, -0.15) is 0 Å². The molecular weight excluding hydrogens is 428 g/mol. The van der Waals surface area contributed by atoms with E-state index >= 15 is 0 Å².